The number of hydrogen-bond acceptors (Lipinski definition) is 3. The van der Waals surface area contributed by atoms with Crippen molar-refractivity contribution in [2.24, 2.45) is 0 Å². The second-order valence-corrected chi connectivity index (χ2v) is 5.31. The van der Waals surface area contributed by atoms with E-state index in [-0.39, 0.29) is 5.91 Å². The summed E-state index contributed by atoms with van der Waals surface area (Å²) in [6.45, 7) is 7.12. The normalized spacial score (nSPS) is 10.8. The maximum atomic E-state index is 11.8. The fourth-order valence-electron chi connectivity index (χ4n) is 1.95. The lowest BCUT2D eigenvalue weighted by atomic mass is 10.2. The van der Waals surface area contributed by atoms with Crippen LogP contribution in [0.1, 0.15) is 48.7 Å². The van der Waals surface area contributed by atoms with Gasteiger partial charge in [0.1, 0.15) is 0 Å². The van der Waals surface area contributed by atoms with Crippen molar-refractivity contribution in [2.75, 3.05) is 26.7 Å². The summed E-state index contributed by atoms with van der Waals surface area (Å²) in [7, 11) is 2.16. The van der Waals surface area contributed by atoms with E-state index in [9.17, 15) is 4.79 Å². The van der Waals surface area contributed by atoms with Gasteiger partial charge in [-0.05, 0) is 58.5 Å². The zero-order valence-corrected chi connectivity index (χ0v) is 13.0. The monoisotopic (exact) mass is 277 g/mol. The highest BCUT2D eigenvalue weighted by atomic mass is 16.1. The highest BCUT2D eigenvalue weighted by Crippen LogP contribution is 2.00. The summed E-state index contributed by atoms with van der Waals surface area (Å²) >= 11 is 0. The van der Waals surface area contributed by atoms with Crippen molar-refractivity contribution < 1.29 is 4.79 Å². The molecule has 1 amide bonds. The van der Waals surface area contributed by atoms with E-state index in [0.717, 1.165) is 38.2 Å². The minimum atomic E-state index is -0.0307. The number of aryl methyl sites for hydroxylation is 1. The van der Waals surface area contributed by atoms with Gasteiger partial charge in [0.25, 0.3) is 5.91 Å². The molecule has 112 valence electrons. The van der Waals surface area contributed by atoms with Gasteiger partial charge in [-0.15, -0.1) is 0 Å². The first kappa shape index (κ1) is 16.6. The van der Waals surface area contributed by atoms with Gasteiger partial charge in [-0.2, -0.15) is 0 Å². The van der Waals surface area contributed by atoms with Crippen LogP contribution in [0, 0.1) is 6.92 Å². The largest absolute Gasteiger partial charge is 0.352 e. The van der Waals surface area contributed by atoms with Gasteiger partial charge in [0.05, 0.1) is 5.56 Å². The molecule has 4 nitrogen and oxygen atoms in total. The predicted octanol–water partition coefficient (Wildman–Crippen LogP) is 2.63. The Morgan fingerprint density at radius 1 is 1.25 bits per heavy atom. The summed E-state index contributed by atoms with van der Waals surface area (Å²) in [5.41, 5.74) is 1.56. The molecule has 0 radical (unpaired) electrons. The fourth-order valence-corrected chi connectivity index (χ4v) is 1.95. The zero-order chi connectivity index (χ0) is 14.8. The van der Waals surface area contributed by atoms with Crippen molar-refractivity contribution in [1.29, 1.82) is 0 Å². The second kappa shape index (κ2) is 9.48. The Morgan fingerprint density at radius 2 is 2.00 bits per heavy atom. The fraction of sp³-hybridized carbons (Fsp3) is 0.625. The molecule has 0 spiro atoms. The molecule has 1 aromatic heterocycles. The van der Waals surface area contributed by atoms with Gasteiger partial charge in [-0.3, -0.25) is 9.78 Å². The number of rotatable bonds is 9. The van der Waals surface area contributed by atoms with Gasteiger partial charge in [0, 0.05) is 18.4 Å². The minimum Gasteiger partial charge on any atom is -0.352 e. The average molecular weight is 277 g/mol. The third-order valence-electron chi connectivity index (χ3n) is 3.32. The van der Waals surface area contributed by atoms with Crippen LogP contribution in [-0.2, 0) is 0 Å². The lowest BCUT2D eigenvalue weighted by Crippen LogP contribution is -2.26. The number of aromatic nitrogens is 1. The molecule has 0 aliphatic rings. The number of carbonyl (C=O) groups excluding carboxylic acids is 1. The Labute approximate surface area is 122 Å². The number of nitrogens with zero attached hydrogens (tertiary/aromatic N) is 2. The number of unbranched alkanes of at least 4 members (excludes halogenated alkanes) is 2. The Morgan fingerprint density at radius 3 is 2.65 bits per heavy atom. The molecule has 0 saturated heterocycles. The standard InChI is InChI=1S/C16H27N3O/c1-4-5-11-19(3)12-7-6-10-17-16(20)15-9-8-14(2)18-13-15/h8-9,13H,4-7,10-12H2,1-3H3,(H,17,20). The maximum absolute atomic E-state index is 11.8. The number of nitrogens with one attached hydrogen (secondary N) is 1. The molecule has 1 aromatic rings. The van der Waals surface area contributed by atoms with Crippen LogP contribution in [0.5, 0.6) is 0 Å². The molecule has 0 aliphatic heterocycles. The van der Waals surface area contributed by atoms with Crippen molar-refractivity contribution in [2.45, 2.75) is 39.5 Å². The van der Waals surface area contributed by atoms with Crippen molar-refractivity contribution >= 4 is 5.91 Å². The highest BCUT2D eigenvalue weighted by molar-refractivity contribution is 5.93. The summed E-state index contributed by atoms with van der Waals surface area (Å²) < 4.78 is 0. The van der Waals surface area contributed by atoms with Crippen molar-refractivity contribution in [3.63, 3.8) is 0 Å². The first-order chi connectivity index (χ1) is 9.63. The van der Waals surface area contributed by atoms with Crippen LogP contribution < -0.4 is 5.32 Å². The van der Waals surface area contributed by atoms with Crippen LogP contribution in [-0.4, -0.2) is 42.5 Å². The molecule has 0 aliphatic carbocycles. The smallest absolute Gasteiger partial charge is 0.252 e. The van der Waals surface area contributed by atoms with Crippen molar-refractivity contribution in [3.05, 3.63) is 29.6 Å². The summed E-state index contributed by atoms with van der Waals surface area (Å²) in [5, 5.41) is 2.94. The van der Waals surface area contributed by atoms with Gasteiger partial charge in [-0.1, -0.05) is 13.3 Å². The van der Waals surface area contributed by atoms with Crippen LogP contribution in [0.15, 0.2) is 18.3 Å². The minimum absolute atomic E-state index is 0.0307. The summed E-state index contributed by atoms with van der Waals surface area (Å²) in [5.74, 6) is -0.0307. The molecule has 1 rings (SSSR count). The highest BCUT2D eigenvalue weighted by Gasteiger charge is 2.04. The maximum Gasteiger partial charge on any atom is 0.252 e. The van der Waals surface area contributed by atoms with E-state index in [0.29, 0.717) is 5.56 Å². The average Bonchev–Trinajstić information content (AvgIpc) is 2.45. The van der Waals surface area contributed by atoms with E-state index in [2.05, 4.69) is 29.2 Å². The third kappa shape index (κ3) is 6.66. The van der Waals surface area contributed by atoms with Crippen LogP contribution >= 0.6 is 0 Å². The molecule has 0 aromatic carbocycles. The number of amides is 1. The van der Waals surface area contributed by atoms with Crippen LogP contribution in [0.25, 0.3) is 0 Å². The third-order valence-corrected chi connectivity index (χ3v) is 3.32. The Bertz CT molecular complexity index is 389. The van der Waals surface area contributed by atoms with Gasteiger partial charge >= 0.3 is 0 Å². The number of carbonyl (C=O) groups is 1. The van der Waals surface area contributed by atoms with E-state index in [1.54, 1.807) is 6.20 Å². The Balaban J connectivity index is 2.12. The molecule has 0 unspecified atom stereocenters. The molecular formula is C16H27N3O. The van der Waals surface area contributed by atoms with Gasteiger partial charge in [0.2, 0.25) is 0 Å². The van der Waals surface area contributed by atoms with E-state index in [1.807, 2.05) is 19.1 Å². The van der Waals surface area contributed by atoms with Crippen molar-refractivity contribution in [3.8, 4) is 0 Å². The zero-order valence-electron chi connectivity index (χ0n) is 13.0. The summed E-state index contributed by atoms with van der Waals surface area (Å²) in [6.07, 6.45) is 6.26. The predicted molar refractivity (Wildman–Crippen MR) is 82.9 cm³/mol. The van der Waals surface area contributed by atoms with Crippen LogP contribution in [0.2, 0.25) is 0 Å². The summed E-state index contributed by atoms with van der Waals surface area (Å²) in [6, 6.07) is 3.67. The molecular weight excluding hydrogens is 250 g/mol. The SMILES string of the molecule is CCCCN(C)CCCCNC(=O)c1ccc(C)nc1. The number of hydrogen-bond donors (Lipinski definition) is 1. The van der Waals surface area contributed by atoms with Gasteiger partial charge < -0.3 is 10.2 Å². The molecule has 0 atom stereocenters. The van der Waals surface area contributed by atoms with Crippen LogP contribution in [0.4, 0.5) is 0 Å². The lowest BCUT2D eigenvalue weighted by molar-refractivity contribution is 0.0952. The molecule has 1 N–H and O–H groups in total. The van der Waals surface area contributed by atoms with E-state index in [1.165, 1.54) is 12.8 Å². The van der Waals surface area contributed by atoms with Gasteiger partial charge in [0.15, 0.2) is 0 Å². The van der Waals surface area contributed by atoms with E-state index < -0.39 is 0 Å². The second-order valence-electron chi connectivity index (χ2n) is 5.31. The quantitative estimate of drug-likeness (QED) is 0.706. The molecule has 4 heteroatoms. The Kier molecular flexibility index (Phi) is 7.88. The molecule has 1 heterocycles. The Hall–Kier alpha value is -1.42. The van der Waals surface area contributed by atoms with Crippen LogP contribution in [0.3, 0.4) is 0 Å². The topological polar surface area (TPSA) is 45.2 Å². The van der Waals surface area contributed by atoms with Gasteiger partial charge in [-0.25, -0.2) is 0 Å². The summed E-state index contributed by atoms with van der Waals surface area (Å²) in [4.78, 5) is 18.3. The molecule has 0 bridgehead atoms. The molecule has 0 saturated carbocycles. The first-order valence-electron chi connectivity index (χ1n) is 7.53. The molecule has 20 heavy (non-hydrogen) atoms. The van der Waals surface area contributed by atoms with E-state index >= 15 is 0 Å². The van der Waals surface area contributed by atoms with E-state index in [4.69, 9.17) is 0 Å². The van der Waals surface area contributed by atoms with Crippen molar-refractivity contribution in [1.82, 2.24) is 15.2 Å². The number of pyridine rings is 1. The molecule has 0 fully saturated rings. The lowest BCUT2D eigenvalue weighted by Gasteiger charge is -2.15. The first-order valence-corrected chi connectivity index (χ1v) is 7.53.